The van der Waals surface area contributed by atoms with Crippen LogP contribution in [0.3, 0.4) is 0 Å². The molecule has 1 amide bonds. The molecule has 7 nitrogen and oxygen atoms in total. The molecule has 0 fully saturated rings. The lowest BCUT2D eigenvalue weighted by atomic mass is 10.2. The van der Waals surface area contributed by atoms with E-state index in [1.807, 2.05) is 30.3 Å². The number of hydrogen-bond acceptors (Lipinski definition) is 6. The lowest BCUT2D eigenvalue weighted by Crippen LogP contribution is -2.16. The maximum Gasteiger partial charge on any atom is 0.236 e. The number of hydrogen-bond donors (Lipinski definition) is 1. The van der Waals surface area contributed by atoms with Crippen LogP contribution in [0.4, 0.5) is 5.82 Å². The van der Waals surface area contributed by atoms with Gasteiger partial charge in [-0.15, -0.1) is 5.10 Å². The Balaban J connectivity index is 1.61. The van der Waals surface area contributed by atoms with Crippen molar-refractivity contribution < 1.29 is 4.79 Å². The van der Waals surface area contributed by atoms with Crippen molar-refractivity contribution in [3.05, 3.63) is 57.7 Å². The van der Waals surface area contributed by atoms with Crippen LogP contribution in [-0.2, 0) is 11.3 Å². The number of nitrogens with zero attached hydrogens (tertiary/aromatic N) is 5. The van der Waals surface area contributed by atoms with E-state index in [1.54, 1.807) is 11.6 Å². The number of carbonyl (C=O) groups is 1. The Morgan fingerprint density at radius 2 is 2.04 bits per heavy atom. The van der Waals surface area contributed by atoms with Gasteiger partial charge in [-0.2, -0.15) is 0 Å². The summed E-state index contributed by atoms with van der Waals surface area (Å²) in [5, 5.41) is 15.6. The smallest absolute Gasteiger partial charge is 0.236 e. The number of benzene rings is 1. The van der Waals surface area contributed by atoms with Gasteiger partial charge in [0.1, 0.15) is 0 Å². The maximum absolute atomic E-state index is 12.2. The molecule has 0 saturated carbocycles. The minimum Gasteiger partial charge on any atom is -0.309 e. The summed E-state index contributed by atoms with van der Waals surface area (Å²) in [6, 6.07) is 9.81. The van der Waals surface area contributed by atoms with Gasteiger partial charge in [-0.05, 0) is 28.5 Å². The molecule has 1 N–H and O–H groups in total. The number of tetrazole rings is 1. The molecule has 1 aromatic carbocycles. The molecular formula is C16H14Cl2N6OS. The van der Waals surface area contributed by atoms with Crippen LogP contribution in [0.15, 0.2) is 41.7 Å². The number of carbonyl (C=O) groups excluding carboxylic acids is 1. The van der Waals surface area contributed by atoms with Crippen LogP contribution in [-0.4, -0.2) is 36.9 Å². The Bertz CT molecular complexity index is 918. The van der Waals surface area contributed by atoms with Crippen LogP contribution in [0.5, 0.6) is 0 Å². The van der Waals surface area contributed by atoms with Crippen molar-refractivity contribution in [2.75, 3.05) is 11.1 Å². The molecule has 0 spiro atoms. The minimum absolute atomic E-state index is 0.120. The van der Waals surface area contributed by atoms with Crippen molar-refractivity contribution in [1.82, 2.24) is 25.2 Å². The summed E-state index contributed by atoms with van der Waals surface area (Å²) < 4.78 is 1.64. The summed E-state index contributed by atoms with van der Waals surface area (Å²) in [6.45, 7) is 2.29. The second-order valence-electron chi connectivity index (χ2n) is 5.34. The second kappa shape index (κ2) is 8.48. The molecule has 0 aliphatic carbocycles. The van der Waals surface area contributed by atoms with Gasteiger partial charge in [0, 0.05) is 6.20 Å². The van der Waals surface area contributed by atoms with Crippen LogP contribution >= 0.6 is 35.0 Å². The molecule has 0 aliphatic heterocycles. The first-order valence-corrected chi connectivity index (χ1v) is 9.32. The van der Waals surface area contributed by atoms with E-state index in [-0.39, 0.29) is 17.5 Å². The highest BCUT2D eigenvalue weighted by atomic mass is 35.5. The Morgan fingerprint density at radius 1 is 1.27 bits per heavy atom. The van der Waals surface area contributed by atoms with Crippen LogP contribution < -0.4 is 5.32 Å². The number of pyridine rings is 1. The Hall–Kier alpha value is -2.16. The Kier molecular flexibility index (Phi) is 6.08. The molecule has 0 radical (unpaired) electrons. The predicted molar refractivity (Wildman–Crippen MR) is 102 cm³/mol. The molecule has 2 heterocycles. The fraction of sp³-hybridized carbons (Fsp3) is 0.188. The Labute approximate surface area is 164 Å². The van der Waals surface area contributed by atoms with Gasteiger partial charge in [-0.25, -0.2) is 9.67 Å². The van der Waals surface area contributed by atoms with Crippen molar-refractivity contribution in [2.24, 2.45) is 0 Å². The van der Waals surface area contributed by atoms with E-state index in [0.29, 0.717) is 27.3 Å². The standard InChI is InChI=1S/C16H14Cl2N6OS/c1-10-12(17)7-19-15(14(10)18)20-13(25)9-26-16-21-22-23-24(16)8-11-5-3-2-4-6-11/h2-7H,8-9H2,1H3,(H,19,20,25). The van der Waals surface area contributed by atoms with Gasteiger partial charge in [-0.1, -0.05) is 65.3 Å². The normalized spacial score (nSPS) is 10.7. The lowest BCUT2D eigenvalue weighted by molar-refractivity contribution is -0.113. The van der Waals surface area contributed by atoms with E-state index in [4.69, 9.17) is 23.2 Å². The molecule has 0 saturated heterocycles. The van der Waals surface area contributed by atoms with E-state index in [9.17, 15) is 4.79 Å². The van der Waals surface area contributed by atoms with E-state index in [2.05, 4.69) is 25.8 Å². The summed E-state index contributed by atoms with van der Waals surface area (Å²) in [6.07, 6.45) is 1.45. The third-order valence-electron chi connectivity index (χ3n) is 3.47. The topological polar surface area (TPSA) is 85.6 Å². The molecule has 3 rings (SSSR count). The van der Waals surface area contributed by atoms with Gasteiger partial charge >= 0.3 is 0 Å². The van der Waals surface area contributed by atoms with Crippen LogP contribution in [0.1, 0.15) is 11.1 Å². The average Bonchev–Trinajstić information content (AvgIpc) is 3.08. The van der Waals surface area contributed by atoms with E-state index >= 15 is 0 Å². The van der Waals surface area contributed by atoms with E-state index < -0.39 is 0 Å². The van der Waals surface area contributed by atoms with Crippen molar-refractivity contribution in [3.8, 4) is 0 Å². The van der Waals surface area contributed by atoms with Gasteiger partial charge in [0.15, 0.2) is 5.82 Å². The molecule has 0 atom stereocenters. The number of nitrogens with one attached hydrogen (secondary N) is 1. The van der Waals surface area contributed by atoms with Crippen molar-refractivity contribution >= 4 is 46.7 Å². The van der Waals surface area contributed by atoms with Crippen molar-refractivity contribution in [2.45, 2.75) is 18.6 Å². The van der Waals surface area contributed by atoms with Gasteiger partial charge in [0.2, 0.25) is 11.1 Å². The number of aromatic nitrogens is 5. The van der Waals surface area contributed by atoms with Gasteiger partial charge in [-0.3, -0.25) is 4.79 Å². The van der Waals surface area contributed by atoms with Gasteiger partial charge in [0.25, 0.3) is 0 Å². The van der Waals surface area contributed by atoms with Crippen LogP contribution in [0, 0.1) is 6.92 Å². The highest BCUT2D eigenvalue weighted by molar-refractivity contribution is 7.99. The molecular weight excluding hydrogens is 395 g/mol. The summed E-state index contributed by atoms with van der Waals surface area (Å²) in [5.74, 6) is 0.137. The monoisotopic (exact) mass is 408 g/mol. The first-order valence-electron chi connectivity index (χ1n) is 7.58. The number of thioether (sulfide) groups is 1. The molecule has 3 aromatic rings. The minimum atomic E-state index is -0.264. The highest BCUT2D eigenvalue weighted by Gasteiger charge is 2.14. The average molecular weight is 409 g/mol. The summed E-state index contributed by atoms with van der Waals surface area (Å²) in [5.41, 5.74) is 1.73. The molecule has 0 aliphatic rings. The number of amides is 1. The third-order valence-corrected chi connectivity index (χ3v) is 5.27. The quantitative estimate of drug-likeness (QED) is 0.628. The molecule has 0 unspecified atom stereocenters. The zero-order chi connectivity index (χ0) is 18.5. The first-order chi connectivity index (χ1) is 12.5. The molecule has 26 heavy (non-hydrogen) atoms. The van der Waals surface area contributed by atoms with E-state index in [0.717, 1.165) is 5.56 Å². The molecule has 134 valence electrons. The maximum atomic E-state index is 12.2. The zero-order valence-electron chi connectivity index (χ0n) is 13.7. The van der Waals surface area contributed by atoms with Crippen LogP contribution in [0.25, 0.3) is 0 Å². The highest BCUT2D eigenvalue weighted by Crippen LogP contribution is 2.28. The zero-order valence-corrected chi connectivity index (χ0v) is 16.0. The summed E-state index contributed by atoms with van der Waals surface area (Å²) in [4.78, 5) is 16.2. The van der Waals surface area contributed by atoms with Crippen molar-refractivity contribution in [1.29, 1.82) is 0 Å². The fourth-order valence-corrected chi connectivity index (χ4v) is 3.16. The van der Waals surface area contributed by atoms with Gasteiger partial charge in [0.05, 0.1) is 22.3 Å². The largest absolute Gasteiger partial charge is 0.309 e. The number of anilines is 1. The summed E-state index contributed by atoms with van der Waals surface area (Å²) >= 11 is 13.3. The molecule has 2 aromatic heterocycles. The number of halogens is 2. The van der Waals surface area contributed by atoms with Crippen LogP contribution in [0.2, 0.25) is 10.0 Å². The lowest BCUT2D eigenvalue weighted by Gasteiger charge is -2.09. The van der Waals surface area contributed by atoms with Gasteiger partial charge < -0.3 is 5.32 Å². The fourth-order valence-electron chi connectivity index (χ4n) is 2.10. The predicted octanol–water partition coefficient (Wildman–Crippen LogP) is 3.46. The van der Waals surface area contributed by atoms with E-state index in [1.165, 1.54) is 18.0 Å². The first kappa shape index (κ1) is 18.6. The SMILES string of the molecule is Cc1c(Cl)cnc(NC(=O)CSc2nnnn2Cc2ccccc2)c1Cl. The third kappa shape index (κ3) is 4.51. The molecule has 10 heteroatoms. The Morgan fingerprint density at radius 3 is 2.81 bits per heavy atom. The molecule has 0 bridgehead atoms. The summed E-state index contributed by atoms with van der Waals surface area (Å²) in [7, 11) is 0. The second-order valence-corrected chi connectivity index (χ2v) is 7.06. The van der Waals surface area contributed by atoms with Crippen molar-refractivity contribution in [3.63, 3.8) is 0 Å². The number of rotatable bonds is 6.